The Balaban J connectivity index is 1.95. The van der Waals surface area contributed by atoms with E-state index >= 15 is 0 Å². The van der Waals surface area contributed by atoms with E-state index in [0.717, 1.165) is 38.9 Å². The number of hydrogen-bond acceptors (Lipinski definition) is 3. The molecule has 2 aromatic rings. The Labute approximate surface area is 126 Å². The molecular formula is C14H17F2N3OS. The number of fused-ring (bicyclic) bond motifs is 1. The van der Waals surface area contributed by atoms with E-state index in [1.807, 2.05) is 6.92 Å². The second kappa shape index (κ2) is 5.82. The number of nitrogens with zero attached hydrogens (tertiary/aromatic N) is 2. The quantitative estimate of drug-likeness (QED) is 0.885. The van der Waals surface area contributed by atoms with E-state index in [1.165, 1.54) is 6.07 Å². The Bertz CT molecular complexity index is 706. The van der Waals surface area contributed by atoms with Crippen molar-refractivity contribution in [2.75, 3.05) is 32.8 Å². The topological polar surface area (TPSA) is 33.2 Å². The van der Waals surface area contributed by atoms with Crippen molar-refractivity contribution < 1.29 is 13.5 Å². The van der Waals surface area contributed by atoms with Gasteiger partial charge in [0.05, 0.1) is 18.7 Å². The maximum Gasteiger partial charge on any atom is 0.178 e. The minimum Gasteiger partial charge on any atom is -0.379 e. The normalized spacial score (nSPS) is 18.2. The van der Waals surface area contributed by atoms with Crippen LogP contribution in [0.5, 0.6) is 0 Å². The SMILES string of the molecule is CC(CN1CCOCC1)n1c(=S)[nH]c2c(F)cc(F)cc21. The molecule has 0 saturated carbocycles. The molecule has 114 valence electrons. The minimum absolute atomic E-state index is 0.0190. The summed E-state index contributed by atoms with van der Waals surface area (Å²) < 4.78 is 34.8. The smallest absolute Gasteiger partial charge is 0.178 e. The van der Waals surface area contributed by atoms with Crippen LogP contribution in [0.3, 0.4) is 0 Å². The third kappa shape index (κ3) is 2.86. The summed E-state index contributed by atoms with van der Waals surface area (Å²) in [5.74, 6) is -1.21. The summed E-state index contributed by atoms with van der Waals surface area (Å²) in [5, 5.41) is 0. The zero-order valence-corrected chi connectivity index (χ0v) is 12.6. The summed E-state index contributed by atoms with van der Waals surface area (Å²) in [5.41, 5.74) is 0.730. The van der Waals surface area contributed by atoms with Crippen molar-refractivity contribution in [3.05, 3.63) is 28.5 Å². The zero-order valence-electron chi connectivity index (χ0n) is 11.7. The molecule has 2 heterocycles. The van der Waals surface area contributed by atoms with Crippen LogP contribution in [-0.2, 0) is 4.74 Å². The fraction of sp³-hybridized carbons (Fsp3) is 0.500. The van der Waals surface area contributed by atoms with Crippen molar-refractivity contribution in [3.63, 3.8) is 0 Å². The standard InChI is InChI=1S/C14H17F2N3OS/c1-9(8-18-2-4-20-5-3-18)19-12-7-10(15)6-11(16)13(12)17-14(19)21/h6-7,9H,2-5,8H2,1H3,(H,17,21). The lowest BCUT2D eigenvalue weighted by atomic mass is 10.2. The highest BCUT2D eigenvalue weighted by Crippen LogP contribution is 2.23. The molecule has 4 nitrogen and oxygen atoms in total. The van der Waals surface area contributed by atoms with E-state index in [-0.39, 0.29) is 11.6 Å². The summed E-state index contributed by atoms with van der Waals surface area (Å²) in [6.07, 6.45) is 0. The second-order valence-electron chi connectivity index (χ2n) is 5.34. The number of morpholine rings is 1. The molecule has 1 saturated heterocycles. The van der Waals surface area contributed by atoms with Crippen molar-refractivity contribution >= 4 is 23.3 Å². The van der Waals surface area contributed by atoms with Gasteiger partial charge in [0.15, 0.2) is 10.6 Å². The molecule has 0 radical (unpaired) electrons. The highest BCUT2D eigenvalue weighted by Gasteiger charge is 2.19. The molecule has 1 N–H and O–H groups in total. The lowest BCUT2D eigenvalue weighted by molar-refractivity contribution is 0.0327. The lowest BCUT2D eigenvalue weighted by Gasteiger charge is -2.29. The van der Waals surface area contributed by atoms with Gasteiger partial charge in [-0.3, -0.25) is 4.90 Å². The van der Waals surface area contributed by atoms with Crippen LogP contribution < -0.4 is 0 Å². The minimum atomic E-state index is -0.617. The van der Waals surface area contributed by atoms with Crippen molar-refractivity contribution in [2.45, 2.75) is 13.0 Å². The number of aromatic amines is 1. The number of imidazole rings is 1. The van der Waals surface area contributed by atoms with Gasteiger partial charge in [-0.15, -0.1) is 0 Å². The predicted molar refractivity (Wildman–Crippen MR) is 79.0 cm³/mol. The number of benzene rings is 1. The number of ether oxygens (including phenoxy) is 1. The number of H-pyrrole nitrogens is 1. The molecule has 7 heteroatoms. The van der Waals surface area contributed by atoms with Gasteiger partial charge in [-0.05, 0) is 25.2 Å². The van der Waals surface area contributed by atoms with Crippen LogP contribution in [0.2, 0.25) is 0 Å². The first kappa shape index (κ1) is 14.6. The van der Waals surface area contributed by atoms with Crippen molar-refractivity contribution in [2.24, 2.45) is 0 Å². The van der Waals surface area contributed by atoms with Gasteiger partial charge in [0.2, 0.25) is 0 Å². The third-order valence-corrected chi connectivity index (χ3v) is 4.11. The molecule has 1 aromatic heterocycles. The van der Waals surface area contributed by atoms with Crippen LogP contribution in [0.25, 0.3) is 11.0 Å². The fourth-order valence-electron chi connectivity index (χ4n) is 2.83. The Kier molecular flexibility index (Phi) is 4.05. The first-order valence-electron chi connectivity index (χ1n) is 6.95. The van der Waals surface area contributed by atoms with Crippen molar-refractivity contribution in [1.82, 2.24) is 14.5 Å². The molecule has 1 aromatic carbocycles. The number of nitrogens with one attached hydrogen (secondary N) is 1. The molecule has 0 spiro atoms. The molecule has 3 rings (SSSR count). The zero-order chi connectivity index (χ0) is 15.0. The average molecular weight is 313 g/mol. The summed E-state index contributed by atoms with van der Waals surface area (Å²) in [6, 6.07) is 2.20. The molecule has 21 heavy (non-hydrogen) atoms. The van der Waals surface area contributed by atoms with Crippen LogP contribution in [0.4, 0.5) is 8.78 Å². The van der Waals surface area contributed by atoms with Crippen molar-refractivity contribution in [3.8, 4) is 0 Å². The first-order valence-corrected chi connectivity index (χ1v) is 7.36. The van der Waals surface area contributed by atoms with Crippen molar-refractivity contribution in [1.29, 1.82) is 0 Å². The molecular weight excluding hydrogens is 296 g/mol. The Morgan fingerprint density at radius 3 is 2.76 bits per heavy atom. The summed E-state index contributed by atoms with van der Waals surface area (Å²) in [7, 11) is 0. The van der Waals surface area contributed by atoms with Gasteiger partial charge in [0.25, 0.3) is 0 Å². The largest absolute Gasteiger partial charge is 0.379 e. The summed E-state index contributed by atoms with van der Waals surface area (Å²) in [6.45, 7) is 5.93. The first-order chi connectivity index (χ1) is 10.1. The van der Waals surface area contributed by atoms with Crippen LogP contribution in [0, 0.1) is 16.4 Å². The van der Waals surface area contributed by atoms with Crippen LogP contribution in [-0.4, -0.2) is 47.3 Å². The molecule has 1 unspecified atom stereocenters. The molecule has 1 atom stereocenters. The lowest BCUT2D eigenvalue weighted by Crippen LogP contribution is -2.39. The molecule has 0 bridgehead atoms. The Morgan fingerprint density at radius 2 is 2.05 bits per heavy atom. The monoisotopic (exact) mass is 313 g/mol. The van der Waals surface area contributed by atoms with Gasteiger partial charge in [-0.2, -0.15) is 0 Å². The summed E-state index contributed by atoms with van der Waals surface area (Å²) in [4.78, 5) is 5.10. The van der Waals surface area contributed by atoms with E-state index in [0.29, 0.717) is 10.3 Å². The Morgan fingerprint density at radius 1 is 1.33 bits per heavy atom. The number of aromatic nitrogens is 2. The van der Waals surface area contributed by atoms with E-state index in [1.54, 1.807) is 4.57 Å². The van der Waals surface area contributed by atoms with Crippen LogP contribution in [0.15, 0.2) is 12.1 Å². The molecule has 1 fully saturated rings. The predicted octanol–water partition coefficient (Wildman–Crippen LogP) is 2.87. The highest BCUT2D eigenvalue weighted by molar-refractivity contribution is 7.71. The maximum atomic E-state index is 13.8. The second-order valence-corrected chi connectivity index (χ2v) is 5.73. The van der Waals surface area contributed by atoms with Gasteiger partial charge in [0, 0.05) is 31.7 Å². The number of rotatable bonds is 3. The molecule has 0 amide bonds. The van der Waals surface area contributed by atoms with Crippen LogP contribution in [0.1, 0.15) is 13.0 Å². The number of halogens is 2. The fourth-order valence-corrected chi connectivity index (χ4v) is 3.21. The van der Waals surface area contributed by atoms with Gasteiger partial charge in [-0.25, -0.2) is 8.78 Å². The average Bonchev–Trinajstić information content (AvgIpc) is 2.76. The van der Waals surface area contributed by atoms with E-state index in [4.69, 9.17) is 17.0 Å². The van der Waals surface area contributed by atoms with E-state index < -0.39 is 11.6 Å². The van der Waals surface area contributed by atoms with Gasteiger partial charge in [-0.1, -0.05) is 0 Å². The molecule has 1 aliphatic heterocycles. The van der Waals surface area contributed by atoms with Gasteiger partial charge < -0.3 is 14.3 Å². The van der Waals surface area contributed by atoms with E-state index in [2.05, 4.69) is 9.88 Å². The van der Waals surface area contributed by atoms with Crippen LogP contribution >= 0.6 is 12.2 Å². The maximum absolute atomic E-state index is 13.8. The number of hydrogen-bond donors (Lipinski definition) is 1. The molecule has 0 aliphatic carbocycles. The summed E-state index contributed by atoms with van der Waals surface area (Å²) >= 11 is 5.27. The van der Waals surface area contributed by atoms with Gasteiger partial charge in [0.1, 0.15) is 11.3 Å². The van der Waals surface area contributed by atoms with Gasteiger partial charge >= 0.3 is 0 Å². The highest BCUT2D eigenvalue weighted by atomic mass is 32.1. The van der Waals surface area contributed by atoms with E-state index in [9.17, 15) is 8.78 Å². The molecule has 1 aliphatic rings. The third-order valence-electron chi connectivity index (χ3n) is 3.81. The Hall–Kier alpha value is -1.31.